The number of nitrogens with two attached hydrogens (primary N) is 1. The summed E-state index contributed by atoms with van der Waals surface area (Å²) in [5.41, 5.74) is 8.16. The van der Waals surface area contributed by atoms with Gasteiger partial charge in [-0.2, -0.15) is 0 Å². The van der Waals surface area contributed by atoms with Crippen LogP contribution in [0.5, 0.6) is 5.75 Å². The van der Waals surface area contributed by atoms with Gasteiger partial charge in [-0.05, 0) is 60.7 Å². The van der Waals surface area contributed by atoms with Gasteiger partial charge in [-0.3, -0.25) is 0 Å². The Bertz CT molecular complexity index is 494. The van der Waals surface area contributed by atoms with Crippen LogP contribution in [0.4, 0.5) is 0 Å². The summed E-state index contributed by atoms with van der Waals surface area (Å²) in [6.45, 7) is 0.613. The molecule has 1 atom stereocenters. The van der Waals surface area contributed by atoms with Crippen molar-refractivity contribution in [2.75, 3.05) is 6.54 Å². The first-order valence-electron chi connectivity index (χ1n) is 6.40. The molecule has 100 valence electrons. The maximum absolute atomic E-state index is 9.48. The molecular weight excluding hydrogens is 258 g/mol. The summed E-state index contributed by atoms with van der Waals surface area (Å²) in [4.78, 5) is 0. The molecule has 0 fully saturated rings. The van der Waals surface area contributed by atoms with Crippen LogP contribution in [0.15, 0.2) is 48.5 Å². The molecule has 19 heavy (non-hydrogen) atoms. The molecule has 0 aliphatic carbocycles. The van der Waals surface area contributed by atoms with Crippen molar-refractivity contribution in [3.8, 4) is 5.75 Å². The number of benzene rings is 2. The van der Waals surface area contributed by atoms with Gasteiger partial charge in [0.15, 0.2) is 0 Å². The third kappa shape index (κ3) is 4.27. The van der Waals surface area contributed by atoms with Crippen LogP contribution in [0.3, 0.4) is 0 Å². The zero-order valence-corrected chi connectivity index (χ0v) is 11.5. The smallest absolute Gasteiger partial charge is 0.115 e. The average molecular weight is 276 g/mol. The summed E-state index contributed by atoms with van der Waals surface area (Å²) in [6.07, 6.45) is 1.75. The Morgan fingerprint density at radius 1 is 1.00 bits per heavy atom. The van der Waals surface area contributed by atoms with Gasteiger partial charge in [0.2, 0.25) is 0 Å². The largest absolute Gasteiger partial charge is 0.508 e. The molecule has 0 aliphatic heterocycles. The van der Waals surface area contributed by atoms with E-state index in [9.17, 15) is 5.11 Å². The summed E-state index contributed by atoms with van der Waals surface area (Å²) in [6, 6.07) is 15.2. The van der Waals surface area contributed by atoms with Gasteiger partial charge in [0, 0.05) is 5.02 Å². The van der Waals surface area contributed by atoms with E-state index in [1.165, 1.54) is 5.56 Å². The topological polar surface area (TPSA) is 46.2 Å². The highest BCUT2D eigenvalue weighted by atomic mass is 35.5. The van der Waals surface area contributed by atoms with E-state index in [-0.39, 0.29) is 0 Å². The van der Waals surface area contributed by atoms with Crippen LogP contribution in [-0.2, 0) is 12.8 Å². The minimum absolute atomic E-state index is 0.302. The molecule has 0 saturated carbocycles. The molecule has 1 unspecified atom stereocenters. The van der Waals surface area contributed by atoms with Crippen molar-refractivity contribution in [3.63, 3.8) is 0 Å². The van der Waals surface area contributed by atoms with E-state index < -0.39 is 0 Å². The Labute approximate surface area is 118 Å². The molecular formula is C16H18ClNO. The third-order valence-corrected chi connectivity index (χ3v) is 3.42. The maximum Gasteiger partial charge on any atom is 0.115 e. The lowest BCUT2D eigenvalue weighted by atomic mass is 9.92. The summed E-state index contributed by atoms with van der Waals surface area (Å²) < 4.78 is 0. The van der Waals surface area contributed by atoms with Crippen LogP contribution in [0, 0.1) is 5.92 Å². The average Bonchev–Trinajstić information content (AvgIpc) is 2.38. The van der Waals surface area contributed by atoms with Crippen molar-refractivity contribution < 1.29 is 5.11 Å². The van der Waals surface area contributed by atoms with Gasteiger partial charge in [0.05, 0.1) is 0 Å². The van der Waals surface area contributed by atoms with Gasteiger partial charge in [0.25, 0.3) is 0 Å². The van der Waals surface area contributed by atoms with Crippen molar-refractivity contribution in [1.82, 2.24) is 0 Å². The van der Waals surface area contributed by atoms with E-state index >= 15 is 0 Å². The fourth-order valence-corrected chi connectivity index (χ4v) is 2.47. The molecule has 0 aromatic heterocycles. The van der Waals surface area contributed by atoms with Gasteiger partial charge in [-0.15, -0.1) is 0 Å². The van der Waals surface area contributed by atoms with Crippen LogP contribution in [-0.4, -0.2) is 11.7 Å². The number of aromatic hydroxyl groups is 1. The zero-order valence-electron chi connectivity index (χ0n) is 10.7. The quantitative estimate of drug-likeness (QED) is 0.878. The summed E-state index contributed by atoms with van der Waals surface area (Å²) in [7, 11) is 0. The van der Waals surface area contributed by atoms with Gasteiger partial charge in [-0.25, -0.2) is 0 Å². The van der Waals surface area contributed by atoms with Crippen molar-refractivity contribution in [2.24, 2.45) is 11.7 Å². The number of hydrogen-bond acceptors (Lipinski definition) is 2. The molecule has 3 N–H and O–H groups in total. The fourth-order valence-electron chi connectivity index (χ4n) is 2.25. The van der Waals surface area contributed by atoms with E-state index in [4.69, 9.17) is 17.3 Å². The SMILES string of the molecule is NCC(Cc1cccc(O)c1)Cc1cccc(Cl)c1. The monoisotopic (exact) mass is 275 g/mol. The highest BCUT2D eigenvalue weighted by Gasteiger charge is 2.09. The summed E-state index contributed by atoms with van der Waals surface area (Å²) in [5.74, 6) is 0.649. The molecule has 0 spiro atoms. The Kier molecular flexibility index (Phi) is 4.83. The third-order valence-electron chi connectivity index (χ3n) is 3.18. The minimum atomic E-state index is 0.302. The van der Waals surface area contributed by atoms with E-state index in [1.807, 2.05) is 30.3 Å². The van der Waals surface area contributed by atoms with Crippen molar-refractivity contribution >= 4 is 11.6 Å². The number of hydrogen-bond donors (Lipinski definition) is 2. The second-order valence-electron chi connectivity index (χ2n) is 4.81. The van der Waals surface area contributed by atoms with Crippen LogP contribution < -0.4 is 5.73 Å². The molecule has 2 aromatic carbocycles. The molecule has 2 nitrogen and oxygen atoms in total. The van der Waals surface area contributed by atoms with Crippen molar-refractivity contribution in [3.05, 3.63) is 64.7 Å². The fraction of sp³-hybridized carbons (Fsp3) is 0.250. The molecule has 0 heterocycles. The Hall–Kier alpha value is -1.51. The highest BCUT2D eigenvalue weighted by Crippen LogP contribution is 2.19. The molecule has 0 aliphatic rings. The lowest BCUT2D eigenvalue weighted by Gasteiger charge is -2.15. The van der Waals surface area contributed by atoms with E-state index in [0.29, 0.717) is 18.2 Å². The lowest BCUT2D eigenvalue weighted by Crippen LogP contribution is -2.19. The summed E-state index contributed by atoms with van der Waals surface area (Å²) in [5, 5.41) is 10.2. The standard InChI is InChI=1S/C16H18ClNO/c17-15-5-1-3-12(9-15)7-14(11-18)8-13-4-2-6-16(19)10-13/h1-6,9-10,14,19H,7-8,11,18H2. The molecule has 0 radical (unpaired) electrons. The Morgan fingerprint density at radius 2 is 1.63 bits per heavy atom. The number of phenols is 1. The van der Waals surface area contributed by atoms with Gasteiger partial charge in [-0.1, -0.05) is 35.9 Å². The first-order valence-corrected chi connectivity index (χ1v) is 6.77. The number of phenolic OH excluding ortho intramolecular Hbond substituents is 1. The number of rotatable bonds is 5. The van der Waals surface area contributed by atoms with Crippen LogP contribution >= 0.6 is 11.6 Å². The van der Waals surface area contributed by atoms with Gasteiger partial charge in [0.1, 0.15) is 5.75 Å². The Morgan fingerprint density at radius 3 is 2.21 bits per heavy atom. The predicted octanol–water partition coefficient (Wildman–Crippen LogP) is 3.41. The molecule has 2 rings (SSSR count). The predicted molar refractivity (Wildman–Crippen MR) is 79.5 cm³/mol. The molecule has 0 saturated heterocycles. The highest BCUT2D eigenvalue weighted by molar-refractivity contribution is 6.30. The summed E-state index contributed by atoms with van der Waals surface area (Å²) >= 11 is 5.99. The minimum Gasteiger partial charge on any atom is -0.508 e. The van der Waals surface area contributed by atoms with Crippen LogP contribution in [0.2, 0.25) is 5.02 Å². The first-order chi connectivity index (χ1) is 9.17. The number of halogens is 1. The van der Waals surface area contributed by atoms with E-state index in [2.05, 4.69) is 6.07 Å². The van der Waals surface area contributed by atoms with Crippen molar-refractivity contribution in [1.29, 1.82) is 0 Å². The van der Waals surface area contributed by atoms with Gasteiger partial charge < -0.3 is 10.8 Å². The normalized spacial score (nSPS) is 12.3. The van der Waals surface area contributed by atoms with Crippen LogP contribution in [0.25, 0.3) is 0 Å². The van der Waals surface area contributed by atoms with E-state index in [1.54, 1.807) is 12.1 Å². The molecule has 2 aromatic rings. The van der Waals surface area contributed by atoms with E-state index in [0.717, 1.165) is 23.4 Å². The Balaban J connectivity index is 2.04. The molecule has 0 bridgehead atoms. The zero-order chi connectivity index (χ0) is 13.7. The van der Waals surface area contributed by atoms with Crippen molar-refractivity contribution in [2.45, 2.75) is 12.8 Å². The molecule has 0 amide bonds. The van der Waals surface area contributed by atoms with Gasteiger partial charge >= 0.3 is 0 Å². The lowest BCUT2D eigenvalue weighted by molar-refractivity contribution is 0.472. The van der Waals surface area contributed by atoms with Crippen LogP contribution in [0.1, 0.15) is 11.1 Å². The maximum atomic E-state index is 9.48. The second-order valence-corrected chi connectivity index (χ2v) is 5.25. The molecule has 3 heteroatoms. The second kappa shape index (κ2) is 6.60. The first kappa shape index (κ1) is 13.9.